The van der Waals surface area contributed by atoms with E-state index in [4.69, 9.17) is 0 Å². The Morgan fingerprint density at radius 3 is 2.67 bits per heavy atom. The van der Waals surface area contributed by atoms with Crippen molar-refractivity contribution in [2.75, 3.05) is 11.0 Å². The average molecular weight is 263 g/mol. The van der Waals surface area contributed by atoms with Crippen LogP contribution >= 0.6 is 22.6 Å². The molecule has 0 aliphatic carbocycles. The summed E-state index contributed by atoms with van der Waals surface area (Å²) >= 11 is -0.0866. The maximum atomic E-state index is 9.74. The van der Waals surface area contributed by atoms with Crippen LogP contribution in [0.25, 0.3) is 0 Å². The van der Waals surface area contributed by atoms with Crippen molar-refractivity contribution in [3.05, 3.63) is 0 Å². The second-order valence-electron chi connectivity index (χ2n) is 1.42. The standard InChI is InChI=1S/C4H9IO3S/c5-3-1-2-4-8-9(6)7/h1-4H2,(H,6,7)/p-1. The lowest BCUT2D eigenvalue weighted by atomic mass is 10.4. The number of halogens is 1. The van der Waals surface area contributed by atoms with Crippen molar-refractivity contribution in [1.29, 1.82) is 0 Å². The fourth-order valence-electron chi connectivity index (χ4n) is 0.324. The van der Waals surface area contributed by atoms with E-state index >= 15 is 0 Å². The van der Waals surface area contributed by atoms with E-state index in [1.54, 1.807) is 0 Å². The van der Waals surface area contributed by atoms with Gasteiger partial charge in [-0.3, -0.25) is 0 Å². The minimum atomic E-state index is -2.32. The number of hydrogen-bond acceptors (Lipinski definition) is 3. The molecule has 0 amide bonds. The second kappa shape index (κ2) is 6.91. The Morgan fingerprint density at radius 2 is 2.22 bits per heavy atom. The van der Waals surface area contributed by atoms with Gasteiger partial charge >= 0.3 is 0 Å². The molecule has 0 aliphatic rings. The van der Waals surface area contributed by atoms with Gasteiger partial charge < -0.3 is 8.74 Å². The van der Waals surface area contributed by atoms with Gasteiger partial charge in [0.15, 0.2) is 0 Å². The molecule has 3 nitrogen and oxygen atoms in total. The van der Waals surface area contributed by atoms with Crippen LogP contribution in [-0.2, 0) is 15.5 Å². The van der Waals surface area contributed by atoms with Gasteiger partial charge in [0.1, 0.15) is 0 Å². The molecule has 9 heavy (non-hydrogen) atoms. The largest absolute Gasteiger partial charge is 0.750 e. The Balaban J connectivity index is 2.83. The Labute approximate surface area is 70.8 Å². The summed E-state index contributed by atoms with van der Waals surface area (Å²) in [7, 11) is 0. The van der Waals surface area contributed by atoms with E-state index in [0.29, 0.717) is 6.61 Å². The molecule has 0 saturated carbocycles. The van der Waals surface area contributed by atoms with Crippen molar-refractivity contribution in [2.45, 2.75) is 12.8 Å². The van der Waals surface area contributed by atoms with Gasteiger partial charge in [0.05, 0.1) is 18.0 Å². The van der Waals surface area contributed by atoms with Gasteiger partial charge in [-0.15, -0.1) is 0 Å². The van der Waals surface area contributed by atoms with Crippen LogP contribution in [0.4, 0.5) is 0 Å². The summed E-state index contributed by atoms with van der Waals surface area (Å²) in [6.07, 6.45) is 1.83. The van der Waals surface area contributed by atoms with Crippen LogP contribution in [0.1, 0.15) is 12.8 Å². The number of unbranched alkanes of at least 4 members (excludes halogenated alkanes) is 1. The summed E-state index contributed by atoms with van der Waals surface area (Å²) < 4.78 is 24.8. The number of rotatable bonds is 5. The van der Waals surface area contributed by atoms with Gasteiger partial charge in [0.25, 0.3) is 0 Å². The Morgan fingerprint density at radius 1 is 1.56 bits per heavy atom. The smallest absolute Gasteiger partial charge is 0.0842 e. The van der Waals surface area contributed by atoms with Gasteiger partial charge in [-0.2, -0.15) is 0 Å². The first-order chi connectivity index (χ1) is 4.27. The van der Waals surface area contributed by atoms with Gasteiger partial charge in [0, 0.05) is 0 Å². The normalized spacial score (nSPS) is 13.6. The monoisotopic (exact) mass is 263 g/mol. The maximum absolute atomic E-state index is 9.74. The molecule has 0 aromatic heterocycles. The highest BCUT2D eigenvalue weighted by molar-refractivity contribution is 14.1. The first-order valence-corrected chi connectivity index (χ1v) is 5.08. The summed E-state index contributed by atoms with van der Waals surface area (Å²) in [4.78, 5) is 0. The third-order valence-electron chi connectivity index (χ3n) is 0.708. The van der Waals surface area contributed by atoms with E-state index in [1.807, 2.05) is 0 Å². The van der Waals surface area contributed by atoms with E-state index in [2.05, 4.69) is 26.8 Å². The van der Waals surface area contributed by atoms with Crippen LogP contribution in [0.15, 0.2) is 0 Å². The maximum Gasteiger partial charge on any atom is 0.0842 e. The van der Waals surface area contributed by atoms with Crippen LogP contribution in [0.3, 0.4) is 0 Å². The molecule has 0 radical (unpaired) electrons. The highest BCUT2D eigenvalue weighted by Crippen LogP contribution is 1.94. The lowest BCUT2D eigenvalue weighted by Crippen LogP contribution is -1.97. The fourth-order valence-corrected chi connectivity index (χ4v) is 1.12. The lowest BCUT2D eigenvalue weighted by molar-refractivity contribution is 0.295. The van der Waals surface area contributed by atoms with Gasteiger partial charge in [-0.05, 0) is 17.3 Å². The first kappa shape index (κ1) is 9.80. The van der Waals surface area contributed by atoms with Gasteiger partial charge in [0.2, 0.25) is 0 Å². The highest BCUT2D eigenvalue weighted by atomic mass is 127. The van der Waals surface area contributed by atoms with Crippen molar-refractivity contribution in [2.24, 2.45) is 0 Å². The molecule has 0 spiro atoms. The minimum Gasteiger partial charge on any atom is -0.750 e. The highest BCUT2D eigenvalue weighted by Gasteiger charge is 1.85. The molecule has 56 valence electrons. The van der Waals surface area contributed by atoms with Crippen molar-refractivity contribution < 1.29 is 12.9 Å². The third-order valence-corrected chi connectivity index (χ3v) is 1.83. The molecule has 0 aromatic rings. The van der Waals surface area contributed by atoms with Gasteiger partial charge in [-0.25, -0.2) is 4.21 Å². The van der Waals surface area contributed by atoms with Crippen LogP contribution in [0, 0.1) is 0 Å². The second-order valence-corrected chi connectivity index (χ2v) is 3.14. The SMILES string of the molecule is O=S([O-])OCCCCI. The van der Waals surface area contributed by atoms with Crippen LogP contribution in [0.5, 0.6) is 0 Å². The van der Waals surface area contributed by atoms with E-state index in [1.165, 1.54) is 0 Å². The first-order valence-electron chi connectivity index (χ1n) is 2.56. The fraction of sp³-hybridized carbons (Fsp3) is 1.00. The van der Waals surface area contributed by atoms with E-state index in [0.717, 1.165) is 17.3 Å². The van der Waals surface area contributed by atoms with E-state index in [-0.39, 0.29) is 0 Å². The predicted octanol–water partition coefficient (Wildman–Crippen LogP) is 1.01. The minimum absolute atomic E-state index is 0.319. The van der Waals surface area contributed by atoms with E-state index in [9.17, 15) is 8.76 Å². The predicted molar refractivity (Wildman–Crippen MR) is 43.0 cm³/mol. The molecule has 0 fully saturated rings. The summed E-state index contributed by atoms with van der Waals surface area (Å²) in [5, 5.41) is 0. The van der Waals surface area contributed by atoms with E-state index < -0.39 is 11.4 Å². The molecule has 5 heteroatoms. The van der Waals surface area contributed by atoms with Crippen LogP contribution in [0.2, 0.25) is 0 Å². The zero-order chi connectivity index (χ0) is 7.11. The molecule has 0 N–H and O–H groups in total. The molecule has 0 bridgehead atoms. The average Bonchev–Trinajstić information content (AvgIpc) is 1.80. The summed E-state index contributed by atoms with van der Waals surface area (Å²) in [5.74, 6) is 0. The molecule has 0 saturated heterocycles. The van der Waals surface area contributed by atoms with Crippen molar-refractivity contribution in [3.63, 3.8) is 0 Å². The van der Waals surface area contributed by atoms with Crippen molar-refractivity contribution in [1.82, 2.24) is 0 Å². The third kappa shape index (κ3) is 8.80. The Bertz CT molecular complexity index is 87.9. The topological polar surface area (TPSA) is 49.4 Å². The molecule has 0 aromatic carbocycles. The van der Waals surface area contributed by atoms with Gasteiger partial charge in [-0.1, -0.05) is 22.6 Å². The van der Waals surface area contributed by atoms with Crippen molar-refractivity contribution in [3.8, 4) is 0 Å². The molecular weight excluding hydrogens is 255 g/mol. The summed E-state index contributed by atoms with van der Waals surface area (Å²) in [6.45, 7) is 0.319. The molecule has 0 rings (SSSR count). The molecule has 1 atom stereocenters. The number of hydrogen-bond donors (Lipinski definition) is 0. The lowest BCUT2D eigenvalue weighted by Gasteiger charge is -2.03. The Hall–Kier alpha value is 0.800. The number of alkyl halides is 1. The summed E-state index contributed by atoms with van der Waals surface area (Å²) in [6, 6.07) is 0. The molecule has 0 aliphatic heterocycles. The van der Waals surface area contributed by atoms with Crippen LogP contribution in [-0.4, -0.2) is 19.8 Å². The zero-order valence-electron chi connectivity index (χ0n) is 4.84. The molecule has 1 unspecified atom stereocenters. The molecule has 0 heterocycles. The molecular formula is C4H8IO3S-. The Kier molecular flexibility index (Phi) is 7.53. The zero-order valence-corrected chi connectivity index (χ0v) is 7.81. The quantitative estimate of drug-likeness (QED) is 0.322. The van der Waals surface area contributed by atoms with Crippen LogP contribution < -0.4 is 0 Å². The van der Waals surface area contributed by atoms with Crippen molar-refractivity contribution >= 4 is 34.0 Å². The summed E-state index contributed by atoms with van der Waals surface area (Å²) in [5.41, 5.74) is 0.